The van der Waals surface area contributed by atoms with E-state index < -0.39 is 0 Å². The first-order chi connectivity index (χ1) is 9.49. The van der Waals surface area contributed by atoms with E-state index in [-0.39, 0.29) is 6.10 Å². The Morgan fingerprint density at radius 1 is 1.20 bits per heavy atom. The summed E-state index contributed by atoms with van der Waals surface area (Å²) in [5.74, 6) is 0. The van der Waals surface area contributed by atoms with E-state index in [0.29, 0.717) is 24.3 Å². The van der Waals surface area contributed by atoms with Crippen LogP contribution in [-0.2, 0) is 4.74 Å². The van der Waals surface area contributed by atoms with Gasteiger partial charge in [0.15, 0.2) is 0 Å². The fourth-order valence-corrected chi connectivity index (χ4v) is 3.88. The third kappa shape index (κ3) is 4.17. The number of β-amino-alcohol motifs (C(OH)–C–C–N with tert-alkyl or cyclic N) is 1. The molecule has 0 aromatic rings. The molecule has 0 aromatic carbocycles. The largest absolute Gasteiger partial charge is 0.392 e. The number of hydrogen-bond acceptors (Lipinski definition) is 4. The molecule has 1 N–H and O–H groups in total. The maximum atomic E-state index is 9.63. The van der Waals surface area contributed by atoms with Gasteiger partial charge in [0, 0.05) is 38.3 Å². The molecule has 0 aliphatic carbocycles. The average molecular weight is 284 g/mol. The third-order valence-corrected chi connectivity index (χ3v) is 4.80. The molecule has 2 aliphatic heterocycles. The standard InChI is InChI=1S/C16H32N2O2/c1-5-15-11-18(7-6-17(15)10-12(2)19)16-8-13(3)20-14(4)9-16/h12-16,19H,5-11H2,1-4H3/t12-,13-,14+,15-,16?/m1/s1. The first kappa shape index (κ1) is 16.2. The van der Waals surface area contributed by atoms with Crippen LogP contribution < -0.4 is 0 Å². The quantitative estimate of drug-likeness (QED) is 0.853. The molecule has 2 saturated heterocycles. The third-order valence-electron chi connectivity index (χ3n) is 4.80. The van der Waals surface area contributed by atoms with Gasteiger partial charge in [0.25, 0.3) is 0 Å². The zero-order chi connectivity index (χ0) is 14.7. The van der Waals surface area contributed by atoms with Gasteiger partial charge >= 0.3 is 0 Å². The normalized spacial score (nSPS) is 38.9. The van der Waals surface area contributed by atoms with Crippen molar-refractivity contribution in [3.8, 4) is 0 Å². The van der Waals surface area contributed by atoms with Crippen LogP contribution in [-0.4, -0.2) is 71.5 Å². The van der Waals surface area contributed by atoms with Crippen molar-refractivity contribution in [2.75, 3.05) is 26.2 Å². The van der Waals surface area contributed by atoms with Gasteiger partial charge in [0.1, 0.15) is 0 Å². The molecule has 0 radical (unpaired) electrons. The van der Waals surface area contributed by atoms with Gasteiger partial charge in [-0.25, -0.2) is 0 Å². The fourth-order valence-electron chi connectivity index (χ4n) is 3.88. The molecule has 118 valence electrons. The summed E-state index contributed by atoms with van der Waals surface area (Å²) >= 11 is 0. The van der Waals surface area contributed by atoms with Crippen molar-refractivity contribution in [2.24, 2.45) is 0 Å². The van der Waals surface area contributed by atoms with E-state index in [1.54, 1.807) is 0 Å². The minimum Gasteiger partial charge on any atom is -0.392 e. The average Bonchev–Trinajstić information content (AvgIpc) is 2.37. The molecule has 0 spiro atoms. The second-order valence-corrected chi connectivity index (χ2v) is 6.78. The van der Waals surface area contributed by atoms with Crippen LogP contribution in [0.25, 0.3) is 0 Å². The van der Waals surface area contributed by atoms with E-state index in [9.17, 15) is 5.11 Å². The second-order valence-electron chi connectivity index (χ2n) is 6.78. The molecule has 5 atom stereocenters. The van der Waals surface area contributed by atoms with Gasteiger partial charge in [0.05, 0.1) is 18.3 Å². The van der Waals surface area contributed by atoms with Crippen LogP contribution in [0.3, 0.4) is 0 Å². The van der Waals surface area contributed by atoms with Crippen LogP contribution in [0.5, 0.6) is 0 Å². The van der Waals surface area contributed by atoms with E-state index in [1.165, 1.54) is 0 Å². The maximum absolute atomic E-state index is 9.63. The van der Waals surface area contributed by atoms with Gasteiger partial charge in [-0.15, -0.1) is 0 Å². The van der Waals surface area contributed by atoms with Crippen molar-refractivity contribution in [1.29, 1.82) is 0 Å². The van der Waals surface area contributed by atoms with Gasteiger partial charge in [0.2, 0.25) is 0 Å². The maximum Gasteiger partial charge on any atom is 0.0639 e. The van der Waals surface area contributed by atoms with Crippen molar-refractivity contribution in [1.82, 2.24) is 9.80 Å². The van der Waals surface area contributed by atoms with E-state index in [2.05, 4.69) is 30.6 Å². The molecular formula is C16H32N2O2. The van der Waals surface area contributed by atoms with E-state index in [1.807, 2.05) is 6.92 Å². The molecule has 0 aromatic heterocycles. The topological polar surface area (TPSA) is 35.9 Å². The van der Waals surface area contributed by atoms with Gasteiger partial charge in [-0.1, -0.05) is 6.92 Å². The number of aliphatic hydroxyl groups is 1. The highest BCUT2D eigenvalue weighted by atomic mass is 16.5. The predicted molar refractivity (Wildman–Crippen MR) is 81.9 cm³/mol. The fraction of sp³-hybridized carbons (Fsp3) is 1.00. The van der Waals surface area contributed by atoms with E-state index in [4.69, 9.17) is 4.74 Å². The van der Waals surface area contributed by atoms with Gasteiger partial charge in [-0.2, -0.15) is 0 Å². The summed E-state index contributed by atoms with van der Waals surface area (Å²) in [4.78, 5) is 5.13. The van der Waals surface area contributed by atoms with Crippen LogP contribution in [0.1, 0.15) is 47.0 Å². The Hall–Kier alpha value is -0.160. The molecule has 0 bridgehead atoms. The molecule has 20 heavy (non-hydrogen) atoms. The molecule has 4 heteroatoms. The van der Waals surface area contributed by atoms with Crippen LogP contribution in [0.2, 0.25) is 0 Å². The summed E-state index contributed by atoms with van der Waals surface area (Å²) in [5.41, 5.74) is 0. The SMILES string of the molecule is CC[C@@H]1CN(C2C[C@@H](C)O[C@@H](C)C2)CCN1C[C@@H](C)O. The van der Waals surface area contributed by atoms with E-state index in [0.717, 1.165) is 45.4 Å². The summed E-state index contributed by atoms with van der Waals surface area (Å²) in [6.07, 6.45) is 4.05. The highest BCUT2D eigenvalue weighted by Crippen LogP contribution is 2.26. The number of rotatable bonds is 4. The number of nitrogens with zero attached hydrogens (tertiary/aromatic N) is 2. The Morgan fingerprint density at radius 2 is 1.85 bits per heavy atom. The highest BCUT2D eigenvalue weighted by molar-refractivity contribution is 4.88. The van der Waals surface area contributed by atoms with Crippen LogP contribution in [0.4, 0.5) is 0 Å². The van der Waals surface area contributed by atoms with E-state index >= 15 is 0 Å². The van der Waals surface area contributed by atoms with Crippen molar-refractivity contribution in [3.63, 3.8) is 0 Å². The summed E-state index contributed by atoms with van der Waals surface area (Å²) < 4.78 is 5.86. The zero-order valence-electron chi connectivity index (χ0n) is 13.6. The minimum atomic E-state index is -0.223. The van der Waals surface area contributed by atoms with Crippen molar-refractivity contribution >= 4 is 0 Å². The number of piperazine rings is 1. The monoisotopic (exact) mass is 284 g/mol. The Kier molecular flexibility index (Phi) is 5.84. The van der Waals surface area contributed by atoms with Crippen molar-refractivity contribution in [3.05, 3.63) is 0 Å². The lowest BCUT2D eigenvalue weighted by molar-refractivity contribution is -0.0785. The summed E-state index contributed by atoms with van der Waals surface area (Å²) in [5, 5.41) is 9.63. The molecule has 0 saturated carbocycles. The Morgan fingerprint density at radius 3 is 2.40 bits per heavy atom. The minimum absolute atomic E-state index is 0.223. The molecular weight excluding hydrogens is 252 g/mol. The summed E-state index contributed by atoms with van der Waals surface area (Å²) in [6, 6.07) is 1.27. The molecule has 2 aliphatic rings. The second kappa shape index (κ2) is 7.21. The molecule has 4 nitrogen and oxygen atoms in total. The summed E-state index contributed by atoms with van der Waals surface area (Å²) in [7, 11) is 0. The Labute approximate surface area is 124 Å². The van der Waals surface area contributed by atoms with Crippen molar-refractivity contribution in [2.45, 2.75) is 77.4 Å². The molecule has 1 unspecified atom stereocenters. The van der Waals surface area contributed by atoms with Gasteiger partial charge in [-0.05, 0) is 40.0 Å². The first-order valence-electron chi connectivity index (χ1n) is 8.31. The van der Waals surface area contributed by atoms with Crippen LogP contribution in [0, 0.1) is 0 Å². The zero-order valence-corrected chi connectivity index (χ0v) is 13.6. The van der Waals surface area contributed by atoms with Crippen LogP contribution in [0.15, 0.2) is 0 Å². The number of ether oxygens (including phenoxy) is 1. The number of hydrogen-bond donors (Lipinski definition) is 1. The molecule has 2 rings (SSSR count). The molecule has 2 fully saturated rings. The molecule has 0 amide bonds. The molecule has 2 heterocycles. The Balaban J connectivity index is 1.92. The van der Waals surface area contributed by atoms with Crippen molar-refractivity contribution < 1.29 is 9.84 Å². The van der Waals surface area contributed by atoms with Crippen LogP contribution >= 0.6 is 0 Å². The lowest BCUT2D eigenvalue weighted by Crippen LogP contribution is -2.58. The highest BCUT2D eigenvalue weighted by Gasteiger charge is 2.34. The lowest BCUT2D eigenvalue weighted by Gasteiger charge is -2.47. The predicted octanol–water partition coefficient (Wildman–Crippen LogP) is 1.72. The smallest absolute Gasteiger partial charge is 0.0639 e. The number of aliphatic hydroxyl groups excluding tert-OH is 1. The Bertz CT molecular complexity index is 288. The summed E-state index contributed by atoms with van der Waals surface area (Å²) in [6.45, 7) is 12.7. The van der Waals surface area contributed by atoms with Gasteiger partial charge in [-0.3, -0.25) is 9.80 Å². The lowest BCUT2D eigenvalue weighted by atomic mass is 9.96. The van der Waals surface area contributed by atoms with Gasteiger partial charge < -0.3 is 9.84 Å². The first-order valence-corrected chi connectivity index (χ1v) is 8.31.